The molecule has 1 N–H and O–H groups in total. The number of unbranched alkanes of at least 4 members (excludes halogenated alkanes) is 32. The smallest absolute Gasteiger partial charge is 0.361 e. The van der Waals surface area contributed by atoms with Gasteiger partial charge in [0.1, 0.15) is 13.2 Å². The van der Waals surface area contributed by atoms with Crippen LogP contribution in [0.3, 0.4) is 0 Å². The van der Waals surface area contributed by atoms with Crippen molar-refractivity contribution in [2.45, 2.75) is 347 Å². The Morgan fingerprint density at radius 2 is 0.535 bits per heavy atom. The van der Waals surface area contributed by atoms with Crippen LogP contribution in [-0.4, -0.2) is 87.4 Å². The maximum absolute atomic E-state index is 13.0. The number of carboxylic acids is 1. The number of rotatable bonds is 75. The Hall–Kier alpha value is -5.35. The van der Waals surface area contributed by atoms with Crippen molar-refractivity contribution in [1.82, 2.24) is 0 Å². The number of likely N-dealkylation sites (N-methyl/N-ethyl adjacent to an activating group) is 1. The first kappa shape index (κ1) is 95.6. The third-order valence-electron chi connectivity index (χ3n) is 17.5. The number of carbonyl (C=O) groups excluding carboxylic acids is 2. The zero-order valence-corrected chi connectivity index (χ0v) is 65.8. The van der Waals surface area contributed by atoms with E-state index in [-0.39, 0.29) is 32.2 Å². The molecule has 0 aromatic carbocycles. The van der Waals surface area contributed by atoms with Gasteiger partial charge in [0.2, 0.25) is 0 Å². The van der Waals surface area contributed by atoms with Gasteiger partial charge in [-0.2, -0.15) is 0 Å². The molecule has 0 saturated heterocycles. The first-order valence-corrected chi connectivity index (χ1v) is 41.3. The fourth-order valence-corrected chi connectivity index (χ4v) is 11.3. The van der Waals surface area contributed by atoms with E-state index in [1.807, 2.05) is 21.1 Å². The second-order valence-electron chi connectivity index (χ2n) is 28.3. The van der Waals surface area contributed by atoms with Crippen LogP contribution >= 0.6 is 0 Å². The number of esters is 2. The van der Waals surface area contributed by atoms with Gasteiger partial charge in [-0.05, 0) is 128 Å². The molecular weight excluding hydrogens is 1250 g/mol. The molecule has 0 rings (SSSR count). The molecule has 0 aliphatic rings. The molecule has 0 amide bonds. The zero-order chi connectivity index (χ0) is 73.2. The second-order valence-corrected chi connectivity index (χ2v) is 28.3. The normalized spacial score (nSPS) is 13.6. The van der Waals surface area contributed by atoms with Crippen molar-refractivity contribution in [3.63, 3.8) is 0 Å². The number of quaternary nitrogens is 1. The molecule has 0 aliphatic heterocycles. The minimum atomic E-state index is -1.52. The molecule has 0 bridgehead atoms. The summed E-state index contributed by atoms with van der Waals surface area (Å²) < 4.78 is 23.0. The van der Waals surface area contributed by atoms with Crippen molar-refractivity contribution < 1.29 is 42.9 Å². The van der Waals surface area contributed by atoms with E-state index in [0.29, 0.717) is 23.9 Å². The van der Waals surface area contributed by atoms with Crippen LogP contribution in [0.25, 0.3) is 0 Å². The molecule has 0 spiro atoms. The quantitative estimate of drug-likeness (QED) is 0.0211. The van der Waals surface area contributed by atoms with Crippen LogP contribution < -0.4 is 0 Å². The molecule has 2 unspecified atom stereocenters. The molecule has 0 aliphatic carbocycles. The molecule has 2 atom stereocenters. The molecule has 0 heterocycles. The van der Waals surface area contributed by atoms with Gasteiger partial charge in [-0.3, -0.25) is 9.59 Å². The number of carboxylic acid groups (broad SMARTS) is 1. The molecule has 101 heavy (non-hydrogen) atoms. The van der Waals surface area contributed by atoms with Crippen molar-refractivity contribution >= 4 is 17.9 Å². The monoisotopic (exact) mass is 1400 g/mol. The van der Waals surface area contributed by atoms with Gasteiger partial charge >= 0.3 is 17.9 Å². The van der Waals surface area contributed by atoms with Crippen LogP contribution in [0, 0.1) is 0 Å². The third kappa shape index (κ3) is 81.8. The Labute approximate surface area is 622 Å². The summed E-state index contributed by atoms with van der Waals surface area (Å²) in [6.45, 7) is 4.65. The molecule has 574 valence electrons. The third-order valence-corrected chi connectivity index (χ3v) is 17.5. The average Bonchev–Trinajstić information content (AvgIpc) is 1.25. The molecule has 0 saturated carbocycles. The van der Waals surface area contributed by atoms with Crippen LogP contribution in [0.15, 0.2) is 170 Å². The lowest BCUT2D eigenvalue weighted by atomic mass is 10.0. The van der Waals surface area contributed by atoms with Crippen molar-refractivity contribution in [3.8, 4) is 0 Å². The van der Waals surface area contributed by atoms with Gasteiger partial charge in [0, 0.05) is 12.8 Å². The van der Waals surface area contributed by atoms with Crippen molar-refractivity contribution in [3.05, 3.63) is 170 Å². The van der Waals surface area contributed by atoms with E-state index in [4.69, 9.17) is 18.9 Å². The Balaban J connectivity index is 4.07. The summed E-state index contributed by atoms with van der Waals surface area (Å²) in [5.74, 6) is -2.02. The number of aliphatic carboxylic acids is 1. The number of carbonyl (C=O) groups is 3. The van der Waals surface area contributed by atoms with E-state index < -0.39 is 24.3 Å². The Morgan fingerprint density at radius 1 is 0.297 bits per heavy atom. The number of hydrogen-bond acceptors (Lipinski definition) is 7. The molecule has 0 aromatic heterocycles. The SMILES string of the molecule is CC/C=C\C/C=C\C/C=C\C/C=C\C/C=C\C/C=C\C/C=C\C/C=C\C/C=C\C/C=C\CCCCCCCCC(=O)OC(COC(=O)CCCCCCCCCCCCCCCCCCCCCCCCCCCC/C=C\C/C=C\C/C=C\C/C=C\CC)COC(OCC[N+](C)(C)C)C(=O)O. The average molecular weight is 1400 g/mol. The van der Waals surface area contributed by atoms with Crippen LogP contribution in [-0.2, 0) is 33.3 Å². The van der Waals surface area contributed by atoms with Crippen molar-refractivity contribution in [2.75, 3.05) is 47.5 Å². The largest absolute Gasteiger partial charge is 0.477 e. The lowest BCUT2D eigenvalue weighted by molar-refractivity contribution is -0.870. The van der Waals surface area contributed by atoms with Crippen molar-refractivity contribution in [1.29, 1.82) is 0 Å². The maximum atomic E-state index is 13.0. The van der Waals surface area contributed by atoms with Crippen LogP contribution in [0.1, 0.15) is 335 Å². The standard InChI is InChI=1S/C92H153NO8/c1-6-8-10-12-14-16-18-20-22-24-26-28-30-32-34-36-38-40-42-44-45-47-48-50-52-54-56-58-60-62-64-66-68-70-72-74-76-78-80-82-89(94)99-86-88(87-100-92(91(96)97)98-85-84-93(3,4)5)101-90(95)83-81-79-77-75-73-71-69-67-65-63-61-59-57-55-53-51-49-46-43-41-39-37-35-33-31-29-27-25-23-21-19-17-15-13-11-9-7-2/h8-11,14-17,20-23,26-29,33,35,39,41,46,49,53,55,59,61,65,67,88,92H,6-7,12-13,18-19,24-25,30-32,34,36-38,40,42-45,47-48,50-52,54,56-58,60,62-64,66,68-87H2,1-5H3/p+1/b10-8-,11-9-,16-14-,17-15-,22-20-,23-21-,28-26-,29-27-,35-33-,41-39-,49-46-,55-53-,61-59-,67-65-. The summed E-state index contributed by atoms with van der Waals surface area (Å²) in [7, 11) is 5.97. The van der Waals surface area contributed by atoms with E-state index in [2.05, 4.69) is 184 Å². The topological polar surface area (TPSA) is 108 Å². The first-order valence-electron chi connectivity index (χ1n) is 41.3. The Kier molecular flexibility index (Phi) is 76.1. The molecular formula is C92H154NO8+. The maximum Gasteiger partial charge on any atom is 0.361 e. The van der Waals surface area contributed by atoms with Gasteiger partial charge in [0.25, 0.3) is 6.29 Å². The molecule has 9 heteroatoms. The molecule has 0 aromatic rings. The summed E-state index contributed by atoms with van der Waals surface area (Å²) in [4.78, 5) is 37.8. The highest BCUT2D eigenvalue weighted by Crippen LogP contribution is 2.18. The minimum Gasteiger partial charge on any atom is -0.477 e. The summed E-state index contributed by atoms with van der Waals surface area (Å²) in [5.41, 5.74) is 0. The zero-order valence-electron chi connectivity index (χ0n) is 65.8. The molecule has 0 fully saturated rings. The minimum absolute atomic E-state index is 0.178. The number of allylic oxidation sites excluding steroid dienone is 28. The predicted molar refractivity (Wildman–Crippen MR) is 437 cm³/mol. The first-order chi connectivity index (χ1) is 49.6. The predicted octanol–water partition coefficient (Wildman–Crippen LogP) is 26.9. The van der Waals surface area contributed by atoms with Crippen molar-refractivity contribution in [2.24, 2.45) is 0 Å². The Bertz CT molecular complexity index is 2280. The van der Waals surface area contributed by atoms with E-state index in [9.17, 15) is 19.5 Å². The van der Waals surface area contributed by atoms with Gasteiger partial charge in [0.15, 0.2) is 6.10 Å². The summed E-state index contributed by atoms with van der Waals surface area (Å²) >= 11 is 0. The van der Waals surface area contributed by atoms with E-state index in [1.54, 1.807) is 0 Å². The second kappa shape index (κ2) is 80.3. The van der Waals surface area contributed by atoms with Gasteiger partial charge in [-0.1, -0.05) is 364 Å². The number of ether oxygens (including phenoxy) is 4. The molecule has 9 nitrogen and oxygen atoms in total. The fraction of sp³-hybridized carbons (Fsp3) is 0.663. The van der Waals surface area contributed by atoms with Crippen LogP contribution in [0.5, 0.6) is 0 Å². The lowest BCUT2D eigenvalue weighted by Gasteiger charge is -2.25. The van der Waals surface area contributed by atoms with Gasteiger partial charge in [-0.25, -0.2) is 4.79 Å². The number of hydrogen-bond donors (Lipinski definition) is 1. The summed E-state index contributed by atoms with van der Waals surface area (Å²) in [5, 5.41) is 9.78. The van der Waals surface area contributed by atoms with E-state index >= 15 is 0 Å². The number of nitrogens with zero attached hydrogens (tertiary/aromatic N) is 1. The van der Waals surface area contributed by atoms with Gasteiger partial charge < -0.3 is 28.5 Å². The van der Waals surface area contributed by atoms with Crippen LogP contribution in [0.4, 0.5) is 0 Å². The van der Waals surface area contributed by atoms with Crippen LogP contribution in [0.2, 0.25) is 0 Å². The summed E-state index contributed by atoms with van der Waals surface area (Å²) in [6, 6.07) is 0. The summed E-state index contributed by atoms with van der Waals surface area (Å²) in [6.07, 6.45) is 118. The van der Waals surface area contributed by atoms with Gasteiger partial charge in [0.05, 0.1) is 34.4 Å². The highest BCUT2D eigenvalue weighted by molar-refractivity contribution is 5.71. The van der Waals surface area contributed by atoms with E-state index in [1.165, 1.54) is 154 Å². The lowest BCUT2D eigenvalue weighted by Crippen LogP contribution is -2.40. The fourth-order valence-electron chi connectivity index (χ4n) is 11.3. The van der Waals surface area contributed by atoms with Gasteiger partial charge in [-0.15, -0.1) is 0 Å². The highest BCUT2D eigenvalue weighted by Gasteiger charge is 2.25. The highest BCUT2D eigenvalue weighted by atomic mass is 16.7. The Morgan fingerprint density at radius 3 is 0.792 bits per heavy atom. The molecule has 0 radical (unpaired) electrons. The van der Waals surface area contributed by atoms with E-state index in [0.717, 1.165) is 148 Å².